The van der Waals surface area contributed by atoms with Crippen molar-refractivity contribution in [1.29, 1.82) is 0 Å². The fraction of sp³-hybridized carbons (Fsp3) is 0.529. The average Bonchev–Trinajstić information content (AvgIpc) is 2.45. The van der Waals surface area contributed by atoms with Crippen LogP contribution in [-0.4, -0.2) is 37.3 Å². The number of rotatable bonds is 6. The molecular weight excluding hydrogens is 296 g/mol. The van der Waals surface area contributed by atoms with E-state index in [9.17, 15) is 9.59 Å². The van der Waals surface area contributed by atoms with Crippen molar-refractivity contribution in [3.63, 3.8) is 0 Å². The van der Waals surface area contributed by atoms with E-state index in [2.05, 4.69) is 10.6 Å². The van der Waals surface area contributed by atoms with Crippen molar-refractivity contribution < 1.29 is 19.1 Å². The number of hydrogen-bond donors (Lipinski definition) is 2. The number of amides is 2. The highest BCUT2D eigenvalue weighted by atomic mass is 16.6. The first-order valence-electron chi connectivity index (χ1n) is 7.61. The van der Waals surface area contributed by atoms with Crippen LogP contribution in [0.15, 0.2) is 24.3 Å². The minimum atomic E-state index is -0.652. The van der Waals surface area contributed by atoms with E-state index in [0.29, 0.717) is 13.0 Å². The van der Waals surface area contributed by atoms with Gasteiger partial charge in [0.2, 0.25) is 5.91 Å². The maximum Gasteiger partial charge on any atom is 0.408 e. The zero-order valence-corrected chi connectivity index (χ0v) is 14.4. The Morgan fingerprint density at radius 3 is 2.30 bits per heavy atom. The van der Waals surface area contributed by atoms with Crippen LogP contribution in [0.4, 0.5) is 4.79 Å². The standard InChI is InChI=1S/C17H26N2O4/c1-12(19-16(21)23-17(2,3)4)15(20)18-11-10-13-6-8-14(22-5)9-7-13/h6-9,12H,10-11H2,1-5H3,(H,18,20)(H,19,21). The van der Waals surface area contributed by atoms with E-state index in [0.717, 1.165) is 11.3 Å². The molecule has 0 spiro atoms. The molecule has 0 heterocycles. The molecule has 0 bridgehead atoms. The maximum atomic E-state index is 11.9. The first-order chi connectivity index (χ1) is 10.7. The van der Waals surface area contributed by atoms with Crippen LogP contribution >= 0.6 is 0 Å². The van der Waals surface area contributed by atoms with Gasteiger partial charge < -0.3 is 20.1 Å². The van der Waals surface area contributed by atoms with Crippen LogP contribution in [0.3, 0.4) is 0 Å². The van der Waals surface area contributed by atoms with Crippen molar-refractivity contribution in [2.75, 3.05) is 13.7 Å². The van der Waals surface area contributed by atoms with Crippen LogP contribution in [0.5, 0.6) is 5.75 Å². The Balaban J connectivity index is 2.33. The fourth-order valence-corrected chi connectivity index (χ4v) is 1.83. The van der Waals surface area contributed by atoms with Crippen molar-refractivity contribution in [3.8, 4) is 5.75 Å². The molecule has 0 aliphatic rings. The Bertz CT molecular complexity index is 520. The molecule has 0 aliphatic heterocycles. The summed E-state index contributed by atoms with van der Waals surface area (Å²) in [5.41, 5.74) is 0.508. The van der Waals surface area contributed by atoms with Gasteiger partial charge in [-0.25, -0.2) is 4.79 Å². The number of carbonyl (C=O) groups is 2. The Labute approximate surface area is 137 Å². The molecule has 1 aromatic carbocycles. The number of hydrogen-bond acceptors (Lipinski definition) is 4. The van der Waals surface area contributed by atoms with E-state index in [-0.39, 0.29) is 5.91 Å². The Morgan fingerprint density at radius 1 is 1.17 bits per heavy atom. The van der Waals surface area contributed by atoms with Gasteiger partial charge in [0.25, 0.3) is 0 Å². The lowest BCUT2D eigenvalue weighted by Gasteiger charge is -2.21. The van der Waals surface area contributed by atoms with Gasteiger partial charge >= 0.3 is 6.09 Å². The van der Waals surface area contributed by atoms with Crippen molar-refractivity contribution in [1.82, 2.24) is 10.6 Å². The summed E-state index contributed by atoms with van der Waals surface area (Å²) in [5.74, 6) is 0.553. The summed E-state index contributed by atoms with van der Waals surface area (Å²) >= 11 is 0. The summed E-state index contributed by atoms with van der Waals surface area (Å²) in [5, 5.41) is 5.30. The SMILES string of the molecule is COc1ccc(CCNC(=O)C(C)NC(=O)OC(C)(C)C)cc1. The second-order valence-electron chi connectivity index (χ2n) is 6.26. The molecule has 0 aliphatic carbocycles. The van der Waals surface area contributed by atoms with Crippen molar-refractivity contribution in [3.05, 3.63) is 29.8 Å². The molecule has 128 valence electrons. The van der Waals surface area contributed by atoms with Gasteiger partial charge in [0.05, 0.1) is 7.11 Å². The van der Waals surface area contributed by atoms with E-state index in [1.807, 2.05) is 24.3 Å². The molecule has 0 saturated heterocycles. The highest BCUT2D eigenvalue weighted by Gasteiger charge is 2.20. The number of benzene rings is 1. The highest BCUT2D eigenvalue weighted by Crippen LogP contribution is 2.11. The molecule has 1 unspecified atom stereocenters. The first kappa shape index (κ1) is 18.8. The van der Waals surface area contributed by atoms with Crippen molar-refractivity contribution in [2.45, 2.75) is 45.8 Å². The van der Waals surface area contributed by atoms with Gasteiger partial charge in [-0.15, -0.1) is 0 Å². The van der Waals surface area contributed by atoms with Crippen molar-refractivity contribution >= 4 is 12.0 Å². The summed E-state index contributed by atoms with van der Waals surface area (Å²) in [4.78, 5) is 23.5. The molecule has 2 amide bonds. The van der Waals surface area contributed by atoms with Crippen LogP contribution in [0.1, 0.15) is 33.3 Å². The Morgan fingerprint density at radius 2 is 1.78 bits per heavy atom. The van der Waals surface area contributed by atoms with Gasteiger partial charge in [-0.2, -0.15) is 0 Å². The monoisotopic (exact) mass is 322 g/mol. The molecule has 1 rings (SSSR count). The minimum Gasteiger partial charge on any atom is -0.497 e. The van der Waals surface area contributed by atoms with Gasteiger partial charge in [-0.3, -0.25) is 4.79 Å². The smallest absolute Gasteiger partial charge is 0.408 e. The van der Waals surface area contributed by atoms with Gasteiger partial charge in [-0.1, -0.05) is 12.1 Å². The molecule has 1 atom stereocenters. The predicted molar refractivity (Wildman–Crippen MR) is 88.5 cm³/mol. The highest BCUT2D eigenvalue weighted by molar-refractivity contribution is 5.85. The van der Waals surface area contributed by atoms with E-state index in [1.165, 1.54) is 0 Å². The van der Waals surface area contributed by atoms with E-state index >= 15 is 0 Å². The molecule has 6 nitrogen and oxygen atoms in total. The summed E-state index contributed by atoms with van der Waals surface area (Å²) in [6.45, 7) is 7.42. The largest absolute Gasteiger partial charge is 0.497 e. The number of methoxy groups -OCH3 is 1. The van der Waals surface area contributed by atoms with Crippen LogP contribution in [0, 0.1) is 0 Å². The van der Waals surface area contributed by atoms with E-state index in [1.54, 1.807) is 34.8 Å². The molecular formula is C17H26N2O4. The predicted octanol–water partition coefficient (Wildman–Crippen LogP) is 2.27. The van der Waals surface area contributed by atoms with Crippen LogP contribution in [0.2, 0.25) is 0 Å². The minimum absolute atomic E-state index is 0.246. The van der Waals surface area contributed by atoms with E-state index in [4.69, 9.17) is 9.47 Å². The molecule has 6 heteroatoms. The van der Waals surface area contributed by atoms with Crippen LogP contribution < -0.4 is 15.4 Å². The third kappa shape index (κ3) is 7.54. The number of carbonyl (C=O) groups excluding carboxylic acids is 2. The average molecular weight is 322 g/mol. The Hall–Kier alpha value is -2.24. The van der Waals surface area contributed by atoms with Crippen LogP contribution in [-0.2, 0) is 16.0 Å². The molecule has 23 heavy (non-hydrogen) atoms. The normalized spacial score (nSPS) is 12.2. The summed E-state index contributed by atoms with van der Waals surface area (Å²) < 4.78 is 10.2. The van der Waals surface area contributed by atoms with Gasteiger partial charge in [0.15, 0.2) is 0 Å². The second kappa shape index (κ2) is 8.41. The number of ether oxygens (including phenoxy) is 2. The van der Waals surface area contributed by atoms with Gasteiger partial charge in [-0.05, 0) is 51.8 Å². The molecule has 0 aromatic heterocycles. The molecule has 0 fully saturated rings. The first-order valence-corrected chi connectivity index (χ1v) is 7.61. The second-order valence-corrected chi connectivity index (χ2v) is 6.26. The molecule has 0 saturated carbocycles. The molecule has 0 radical (unpaired) electrons. The lowest BCUT2D eigenvalue weighted by Crippen LogP contribution is -2.46. The summed E-state index contributed by atoms with van der Waals surface area (Å²) in [7, 11) is 1.62. The topological polar surface area (TPSA) is 76.7 Å². The van der Waals surface area contributed by atoms with Crippen LogP contribution in [0.25, 0.3) is 0 Å². The zero-order valence-electron chi connectivity index (χ0n) is 14.4. The quantitative estimate of drug-likeness (QED) is 0.842. The molecule has 1 aromatic rings. The lowest BCUT2D eigenvalue weighted by molar-refractivity contribution is -0.122. The van der Waals surface area contributed by atoms with Gasteiger partial charge in [0, 0.05) is 6.54 Å². The zero-order chi connectivity index (χ0) is 17.5. The maximum absolute atomic E-state index is 11.9. The van der Waals surface area contributed by atoms with Crippen molar-refractivity contribution in [2.24, 2.45) is 0 Å². The third-order valence-corrected chi connectivity index (χ3v) is 3.00. The third-order valence-electron chi connectivity index (χ3n) is 3.00. The van der Waals surface area contributed by atoms with Gasteiger partial charge in [0.1, 0.15) is 17.4 Å². The van der Waals surface area contributed by atoms with E-state index < -0.39 is 17.7 Å². The number of nitrogens with one attached hydrogen (secondary N) is 2. The lowest BCUT2D eigenvalue weighted by atomic mass is 10.1. The summed E-state index contributed by atoms with van der Waals surface area (Å²) in [6.07, 6.45) is 0.102. The summed E-state index contributed by atoms with van der Waals surface area (Å²) in [6, 6.07) is 7.01. The fourth-order valence-electron chi connectivity index (χ4n) is 1.83. The molecule has 2 N–H and O–H groups in total. The number of alkyl carbamates (subject to hydrolysis) is 1. The Kier molecular flexibility index (Phi) is 6.88.